The Balaban J connectivity index is 1.38. The van der Waals surface area contributed by atoms with Crippen LogP contribution in [-0.4, -0.2) is 56.2 Å². The lowest BCUT2D eigenvalue weighted by molar-refractivity contribution is 0.125. The van der Waals surface area contributed by atoms with Gasteiger partial charge in [-0.25, -0.2) is 9.78 Å². The number of piperidine rings is 1. The third-order valence-electron chi connectivity index (χ3n) is 6.81. The predicted octanol–water partition coefficient (Wildman–Crippen LogP) is 3.34. The van der Waals surface area contributed by atoms with Crippen LogP contribution in [0.5, 0.6) is 0 Å². The fraction of sp³-hybridized carbons (Fsp3) is 0.565. The van der Waals surface area contributed by atoms with Gasteiger partial charge in [0, 0.05) is 44.2 Å². The summed E-state index contributed by atoms with van der Waals surface area (Å²) in [5, 5.41) is 9.40. The van der Waals surface area contributed by atoms with Gasteiger partial charge >= 0.3 is 6.09 Å². The Morgan fingerprint density at radius 1 is 1.23 bits per heavy atom. The number of likely N-dealkylation sites (tertiary alicyclic amines) is 1. The van der Waals surface area contributed by atoms with E-state index in [4.69, 9.17) is 10.7 Å². The highest BCUT2D eigenvalue weighted by Crippen LogP contribution is 2.31. The monoisotopic (exact) mass is 411 g/mol. The number of imidazole rings is 1. The van der Waals surface area contributed by atoms with Crippen LogP contribution in [0, 0.1) is 6.92 Å². The summed E-state index contributed by atoms with van der Waals surface area (Å²) in [4.78, 5) is 20.3. The molecule has 0 spiro atoms. The Hall–Kier alpha value is -2.38. The number of aromatic nitrogens is 2. The molecular formula is C23H33N5O2. The Labute approximate surface area is 178 Å². The molecule has 0 saturated carbocycles. The molecule has 7 heteroatoms. The first kappa shape index (κ1) is 20.9. The molecule has 1 unspecified atom stereocenters. The van der Waals surface area contributed by atoms with Gasteiger partial charge in [-0.05, 0) is 38.7 Å². The van der Waals surface area contributed by atoms with E-state index in [1.165, 1.54) is 10.5 Å². The van der Waals surface area contributed by atoms with Crippen LogP contribution in [0.3, 0.4) is 0 Å². The minimum absolute atomic E-state index is 0.0591. The molecule has 2 atom stereocenters. The standard InChI is InChI=1S/C23H33N5O2/c1-16(14-20(24)18-6-4-3-5-7-18)26-11-8-19(9-12-26)28-17(2)25-21-10-13-27(23(29)30)15-22(21)28/h3-7,16,19-20H,8-15,24H2,1-2H3,(H,29,30)/t16?,20-/m0/s1. The van der Waals surface area contributed by atoms with Crippen molar-refractivity contribution >= 4 is 6.09 Å². The molecule has 3 heterocycles. The topological polar surface area (TPSA) is 87.6 Å². The summed E-state index contributed by atoms with van der Waals surface area (Å²) in [5.41, 5.74) is 9.82. The summed E-state index contributed by atoms with van der Waals surface area (Å²) in [5.74, 6) is 1.02. The third-order valence-corrected chi connectivity index (χ3v) is 6.81. The zero-order valence-corrected chi connectivity index (χ0v) is 18.0. The summed E-state index contributed by atoms with van der Waals surface area (Å²) >= 11 is 0. The predicted molar refractivity (Wildman–Crippen MR) is 116 cm³/mol. The van der Waals surface area contributed by atoms with Crippen LogP contribution in [0.4, 0.5) is 4.79 Å². The molecule has 0 bridgehead atoms. The van der Waals surface area contributed by atoms with Gasteiger partial charge in [0.05, 0.1) is 17.9 Å². The van der Waals surface area contributed by atoms with Gasteiger partial charge in [0.15, 0.2) is 0 Å². The molecule has 4 rings (SSSR count). The smallest absolute Gasteiger partial charge is 0.407 e. The molecule has 2 aliphatic rings. The van der Waals surface area contributed by atoms with Crippen molar-refractivity contribution in [2.75, 3.05) is 19.6 Å². The van der Waals surface area contributed by atoms with Gasteiger partial charge in [-0.15, -0.1) is 0 Å². The first-order valence-electron chi connectivity index (χ1n) is 11.0. The van der Waals surface area contributed by atoms with Crippen molar-refractivity contribution in [1.82, 2.24) is 19.4 Å². The number of carboxylic acid groups (broad SMARTS) is 1. The van der Waals surface area contributed by atoms with Crippen molar-refractivity contribution in [3.05, 3.63) is 53.1 Å². The summed E-state index contributed by atoms with van der Waals surface area (Å²) in [6, 6.07) is 11.2. The Bertz CT molecular complexity index is 873. The summed E-state index contributed by atoms with van der Waals surface area (Å²) in [7, 11) is 0. The SMILES string of the molecule is Cc1nc2c(n1C1CCN(C(C)C[C@H](N)c3ccccc3)CC1)CN(C(=O)O)CC2. The van der Waals surface area contributed by atoms with Gasteiger partial charge < -0.3 is 25.2 Å². The summed E-state index contributed by atoms with van der Waals surface area (Å²) in [6.45, 7) is 7.38. The minimum Gasteiger partial charge on any atom is -0.465 e. The Morgan fingerprint density at radius 2 is 1.93 bits per heavy atom. The van der Waals surface area contributed by atoms with Crippen molar-refractivity contribution in [1.29, 1.82) is 0 Å². The maximum absolute atomic E-state index is 11.4. The van der Waals surface area contributed by atoms with Crippen LogP contribution in [0.15, 0.2) is 30.3 Å². The summed E-state index contributed by atoms with van der Waals surface area (Å²) in [6.07, 6.45) is 2.93. The normalized spacial score (nSPS) is 20.0. The molecule has 1 aromatic carbocycles. The molecule has 1 aromatic heterocycles. The largest absolute Gasteiger partial charge is 0.465 e. The van der Waals surface area contributed by atoms with Gasteiger partial charge in [0.2, 0.25) is 0 Å². The van der Waals surface area contributed by atoms with Crippen LogP contribution in [0.25, 0.3) is 0 Å². The Morgan fingerprint density at radius 3 is 2.60 bits per heavy atom. The molecular weight excluding hydrogens is 378 g/mol. The van der Waals surface area contributed by atoms with Gasteiger partial charge in [0.1, 0.15) is 5.82 Å². The van der Waals surface area contributed by atoms with Crippen molar-refractivity contribution in [3.63, 3.8) is 0 Å². The van der Waals surface area contributed by atoms with E-state index < -0.39 is 6.09 Å². The van der Waals surface area contributed by atoms with E-state index in [0.29, 0.717) is 31.6 Å². The van der Waals surface area contributed by atoms with Gasteiger partial charge in [-0.1, -0.05) is 30.3 Å². The first-order chi connectivity index (χ1) is 14.4. The van der Waals surface area contributed by atoms with Crippen LogP contribution in [0.1, 0.15) is 61.0 Å². The molecule has 1 saturated heterocycles. The fourth-order valence-electron chi connectivity index (χ4n) is 5.10. The van der Waals surface area contributed by atoms with Crippen LogP contribution in [0.2, 0.25) is 0 Å². The molecule has 162 valence electrons. The highest BCUT2D eigenvalue weighted by Gasteiger charge is 2.31. The van der Waals surface area contributed by atoms with E-state index in [9.17, 15) is 9.90 Å². The highest BCUT2D eigenvalue weighted by atomic mass is 16.4. The first-order valence-corrected chi connectivity index (χ1v) is 11.0. The van der Waals surface area contributed by atoms with E-state index in [-0.39, 0.29) is 6.04 Å². The third kappa shape index (κ3) is 4.23. The second kappa shape index (κ2) is 8.78. The average molecular weight is 412 g/mol. The summed E-state index contributed by atoms with van der Waals surface area (Å²) < 4.78 is 2.32. The van der Waals surface area contributed by atoms with Crippen molar-refractivity contribution in [3.8, 4) is 0 Å². The van der Waals surface area contributed by atoms with Crippen molar-refractivity contribution < 1.29 is 9.90 Å². The molecule has 30 heavy (non-hydrogen) atoms. The molecule has 0 aliphatic carbocycles. The quantitative estimate of drug-likeness (QED) is 0.788. The number of fused-ring (bicyclic) bond motifs is 1. The van der Waals surface area contributed by atoms with Crippen LogP contribution < -0.4 is 5.73 Å². The van der Waals surface area contributed by atoms with Crippen molar-refractivity contribution in [2.45, 2.75) is 64.2 Å². The van der Waals surface area contributed by atoms with Gasteiger partial charge in [-0.2, -0.15) is 0 Å². The van der Waals surface area contributed by atoms with E-state index in [0.717, 1.165) is 49.6 Å². The van der Waals surface area contributed by atoms with Crippen LogP contribution in [-0.2, 0) is 13.0 Å². The van der Waals surface area contributed by atoms with Crippen LogP contribution >= 0.6 is 0 Å². The average Bonchev–Trinajstić information content (AvgIpc) is 3.09. The second-order valence-electron chi connectivity index (χ2n) is 8.75. The van der Waals surface area contributed by atoms with Gasteiger partial charge in [0.25, 0.3) is 0 Å². The number of hydrogen-bond acceptors (Lipinski definition) is 4. The molecule has 3 N–H and O–H groups in total. The zero-order chi connectivity index (χ0) is 21.3. The molecule has 1 amide bonds. The number of benzene rings is 1. The van der Waals surface area contributed by atoms with E-state index in [1.807, 2.05) is 18.2 Å². The zero-order valence-electron chi connectivity index (χ0n) is 18.0. The molecule has 1 fully saturated rings. The number of hydrogen-bond donors (Lipinski definition) is 2. The number of rotatable bonds is 5. The maximum atomic E-state index is 11.4. The molecule has 2 aromatic rings. The van der Waals surface area contributed by atoms with E-state index >= 15 is 0 Å². The number of nitrogens with zero attached hydrogens (tertiary/aromatic N) is 4. The lowest BCUT2D eigenvalue weighted by Crippen LogP contribution is -2.42. The minimum atomic E-state index is -0.843. The molecule has 2 aliphatic heterocycles. The van der Waals surface area contributed by atoms with Crippen molar-refractivity contribution in [2.24, 2.45) is 5.73 Å². The second-order valence-corrected chi connectivity index (χ2v) is 8.75. The Kier molecular flexibility index (Phi) is 6.11. The number of nitrogens with two attached hydrogens (primary N) is 1. The maximum Gasteiger partial charge on any atom is 0.407 e. The molecule has 7 nitrogen and oxygen atoms in total. The lowest BCUT2D eigenvalue weighted by Gasteiger charge is -2.38. The number of amides is 1. The van der Waals surface area contributed by atoms with Gasteiger partial charge in [-0.3, -0.25) is 0 Å². The van der Waals surface area contributed by atoms with E-state index in [1.54, 1.807) is 0 Å². The molecule has 0 radical (unpaired) electrons. The van der Waals surface area contributed by atoms with E-state index in [2.05, 4.69) is 35.4 Å². The highest BCUT2D eigenvalue weighted by molar-refractivity contribution is 5.65. The number of aryl methyl sites for hydroxylation is 1. The fourth-order valence-corrected chi connectivity index (χ4v) is 5.10. The number of carbonyl (C=O) groups is 1. The lowest BCUT2D eigenvalue weighted by atomic mass is 9.97.